The lowest BCUT2D eigenvalue weighted by atomic mass is 9.85. The maximum atomic E-state index is 12.1. The Kier molecular flexibility index (Phi) is 30.7. The zero-order valence-electron chi connectivity index (χ0n) is 34.6. The molecule has 1 atom stereocenters. The molecule has 0 aliphatic heterocycles. The van der Waals surface area contributed by atoms with Crippen molar-refractivity contribution in [3.63, 3.8) is 0 Å². The number of carbonyl (C=O) groups excluding carboxylic acids is 2. The Morgan fingerprint density at radius 3 is 1.48 bits per heavy atom. The number of halogens is 2. The maximum absolute atomic E-state index is 12.1. The second-order valence-electron chi connectivity index (χ2n) is 16.9. The highest BCUT2D eigenvalue weighted by atomic mass is 35.5. The topological polar surface area (TPSA) is 96.3 Å². The number of aldehydes is 1. The van der Waals surface area contributed by atoms with E-state index >= 15 is 0 Å². The van der Waals surface area contributed by atoms with Crippen LogP contribution in [-0.4, -0.2) is 94.7 Å². The predicted octanol–water partition coefficient (Wildman–Crippen LogP) is 10.3. The Bertz CT molecular complexity index is 803. The van der Waals surface area contributed by atoms with E-state index in [2.05, 4.69) is 107 Å². The average molecular weight is 763 g/mol. The zero-order valence-corrected chi connectivity index (χ0v) is 38.1. The molecule has 0 saturated carbocycles. The molecule has 1 unspecified atom stereocenters. The molecule has 0 heterocycles. The van der Waals surface area contributed by atoms with Crippen molar-refractivity contribution in [3.8, 4) is 0 Å². The van der Waals surface area contributed by atoms with E-state index in [9.17, 15) is 14.7 Å². The lowest BCUT2D eigenvalue weighted by Gasteiger charge is -2.40. The summed E-state index contributed by atoms with van der Waals surface area (Å²) in [6.45, 7) is 41.5. The van der Waals surface area contributed by atoms with Gasteiger partial charge < -0.3 is 28.8 Å². The molecular weight excluding hydrogens is 681 g/mol. The fraction of sp³-hybridized carbons (Fsp3) is 0.946. The minimum Gasteiger partial charge on any atom is -0.416 e. The Hall–Kier alpha value is 0.154. The van der Waals surface area contributed by atoms with Crippen LogP contribution >= 0.6 is 23.2 Å². The van der Waals surface area contributed by atoms with Gasteiger partial charge >= 0.3 is 0 Å². The molecule has 0 aliphatic rings. The van der Waals surface area contributed by atoms with Crippen molar-refractivity contribution in [2.45, 2.75) is 171 Å². The quantitative estimate of drug-likeness (QED) is 0.0585. The smallest absolute Gasteiger partial charge is 0.192 e. The standard InChI is InChI=1S/C15H34O3Si.C15H30O3Si.C6H15N.CH2Cl2/c2*1-14(2,3)19(6,7)18-12-15(4,5)13(17)10-8-9-11-16;1-4-7(5-2)6-3;2-1-3/h13,16-17H,8-12H2,1-7H3;11H,8-10,12H2,1-7H3;4-6H2,1-3H3;1H2. The van der Waals surface area contributed by atoms with Crippen molar-refractivity contribution in [2.75, 3.05) is 44.8 Å². The lowest BCUT2D eigenvalue weighted by molar-refractivity contribution is -0.128. The van der Waals surface area contributed by atoms with E-state index < -0.39 is 22.0 Å². The molecule has 0 aromatic carbocycles. The summed E-state index contributed by atoms with van der Waals surface area (Å²) in [5.74, 6) is 0.188. The van der Waals surface area contributed by atoms with Gasteiger partial charge in [0.2, 0.25) is 0 Å². The van der Waals surface area contributed by atoms with Crippen molar-refractivity contribution >= 4 is 51.9 Å². The van der Waals surface area contributed by atoms with Crippen molar-refractivity contribution in [1.82, 2.24) is 4.90 Å². The summed E-state index contributed by atoms with van der Waals surface area (Å²) < 4.78 is 12.4. The summed E-state index contributed by atoms with van der Waals surface area (Å²) in [4.78, 5) is 24.8. The average Bonchev–Trinajstić information content (AvgIpc) is 2.96. The molecule has 0 aromatic heterocycles. The van der Waals surface area contributed by atoms with Crippen LogP contribution in [0.3, 0.4) is 0 Å². The number of aliphatic hydroxyl groups is 2. The van der Waals surface area contributed by atoms with Crippen molar-refractivity contribution in [1.29, 1.82) is 0 Å². The molecule has 2 N–H and O–H groups in total. The Labute approximate surface area is 310 Å². The van der Waals surface area contributed by atoms with E-state index in [1.807, 2.05) is 13.8 Å². The zero-order chi connectivity index (χ0) is 39.0. The molecule has 0 fully saturated rings. The summed E-state index contributed by atoms with van der Waals surface area (Å²) in [6.07, 6.45) is 4.42. The first-order chi connectivity index (χ1) is 21.6. The highest BCUT2D eigenvalue weighted by molar-refractivity contribution is 6.74. The highest BCUT2D eigenvalue weighted by Gasteiger charge is 2.40. The Morgan fingerprint density at radius 2 is 1.17 bits per heavy atom. The predicted molar refractivity (Wildman–Crippen MR) is 216 cm³/mol. The molecule has 0 aliphatic carbocycles. The second kappa shape index (κ2) is 26.9. The third-order valence-electron chi connectivity index (χ3n) is 9.82. The number of alkyl halides is 2. The van der Waals surface area contributed by atoms with Crippen LogP contribution < -0.4 is 0 Å². The van der Waals surface area contributed by atoms with E-state index in [1.54, 1.807) is 0 Å². The van der Waals surface area contributed by atoms with Gasteiger partial charge in [0.05, 0.1) is 11.4 Å². The molecule has 0 spiro atoms. The molecule has 0 rings (SSSR count). The molecule has 0 aromatic rings. The third-order valence-corrected chi connectivity index (χ3v) is 18.8. The number of nitrogens with zero attached hydrogens (tertiary/aromatic N) is 1. The summed E-state index contributed by atoms with van der Waals surface area (Å²) >= 11 is 9.53. The number of aliphatic hydroxyl groups excluding tert-OH is 2. The Morgan fingerprint density at radius 1 is 0.771 bits per heavy atom. The molecule has 0 amide bonds. The number of ketones is 1. The minimum absolute atomic E-state index is 0.156. The van der Waals surface area contributed by atoms with Crippen LogP contribution in [0.2, 0.25) is 36.3 Å². The van der Waals surface area contributed by atoms with E-state index in [0.29, 0.717) is 32.5 Å². The van der Waals surface area contributed by atoms with Gasteiger partial charge in [0, 0.05) is 43.5 Å². The number of carbonyl (C=O) groups is 2. The third kappa shape index (κ3) is 26.0. The van der Waals surface area contributed by atoms with Crippen molar-refractivity contribution in [3.05, 3.63) is 0 Å². The van der Waals surface area contributed by atoms with Crippen LogP contribution in [0.15, 0.2) is 0 Å². The maximum Gasteiger partial charge on any atom is 0.192 e. The lowest BCUT2D eigenvalue weighted by Crippen LogP contribution is -2.45. The summed E-state index contributed by atoms with van der Waals surface area (Å²) in [5, 5.41) is 19.6. The van der Waals surface area contributed by atoms with Gasteiger partial charge in [0.15, 0.2) is 16.6 Å². The van der Waals surface area contributed by atoms with Gasteiger partial charge in [0.1, 0.15) is 12.1 Å². The molecule has 292 valence electrons. The molecule has 11 heteroatoms. The Balaban J connectivity index is -0.000000315. The molecular formula is C37H81Cl2NO6Si2. The van der Waals surface area contributed by atoms with Crippen LogP contribution in [0.4, 0.5) is 0 Å². The van der Waals surface area contributed by atoms with Gasteiger partial charge in [-0.2, -0.15) is 0 Å². The number of Topliss-reactive ketones (excluding diaryl/α,β-unsaturated/α-hetero) is 1. The summed E-state index contributed by atoms with van der Waals surface area (Å²) in [5.41, 5.74) is -0.691. The second-order valence-corrected chi connectivity index (χ2v) is 27.3. The molecule has 48 heavy (non-hydrogen) atoms. The SMILES string of the molecule is CC(C)(CO[Si](C)(C)C(C)(C)C)C(=O)CCCC=O.CC(C)(CO[Si](C)(C)C(C)(C)C)C(O)CCCCO.CCN(CC)CC.ClCCl. The van der Waals surface area contributed by atoms with Crippen LogP contribution in [0.25, 0.3) is 0 Å². The van der Waals surface area contributed by atoms with Crippen molar-refractivity contribution < 1.29 is 28.7 Å². The van der Waals surface area contributed by atoms with Crippen LogP contribution in [0.1, 0.15) is 129 Å². The minimum atomic E-state index is -1.81. The first-order valence-electron chi connectivity index (χ1n) is 18.0. The fourth-order valence-corrected chi connectivity index (χ4v) is 5.85. The van der Waals surface area contributed by atoms with E-state index in [4.69, 9.17) is 37.2 Å². The van der Waals surface area contributed by atoms with Crippen LogP contribution in [0.5, 0.6) is 0 Å². The van der Waals surface area contributed by atoms with E-state index in [-0.39, 0.29) is 39.3 Å². The van der Waals surface area contributed by atoms with Gasteiger partial charge in [0.25, 0.3) is 0 Å². The monoisotopic (exact) mass is 761 g/mol. The summed E-state index contributed by atoms with van der Waals surface area (Å²) in [7, 11) is -3.56. The van der Waals surface area contributed by atoms with Gasteiger partial charge in [-0.1, -0.05) is 90.0 Å². The van der Waals surface area contributed by atoms with Crippen LogP contribution in [0, 0.1) is 10.8 Å². The van der Waals surface area contributed by atoms with Crippen LogP contribution in [-0.2, 0) is 18.4 Å². The van der Waals surface area contributed by atoms with E-state index in [1.165, 1.54) is 19.6 Å². The largest absolute Gasteiger partial charge is 0.416 e. The van der Waals surface area contributed by atoms with Gasteiger partial charge in [-0.3, -0.25) is 4.79 Å². The molecule has 7 nitrogen and oxygen atoms in total. The fourth-order valence-electron chi connectivity index (χ4n) is 3.53. The number of hydrogen-bond acceptors (Lipinski definition) is 7. The number of rotatable bonds is 19. The summed E-state index contributed by atoms with van der Waals surface area (Å²) in [6, 6.07) is 0. The molecule has 0 bridgehead atoms. The van der Waals surface area contributed by atoms with E-state index in [0.717, 1.165) is 25.5 Å². The molecule has 0 radical (unpaired) electrons. The highest BCUT2D eigenvalue weighted by Crippen LogP contribution is 2.39. The first-order valence-corrected chi connectivity index (χ1v) is 24.9. The number of unbranched alkanes of at least 4 members (excludes halogenated alkanes) is 2. The van der Waals surface area contributed by atoms with Gasteiger partial charge in [-0.15, -0.1) is 23.2 Å². The number of hydrogen-bond donors (Lipinski definition) is 2. The molecule has 0 saturated heterocycles. The normalized spacial score (nSPS) is 13.4. The first kappa shape index (κ1) is 54.9. The van der Waals surface area contributed by atoms with Crippen molar-refractivity contribution in [2.24, 2.45) is 10.8 Å². The van der Waals surface area contributed by atoms with Gasteiger partial charge in [-0.05, 0) is 81.6 Å². The van der Waals surface area contributed by atoms with Gasteiger partial charge in [-0.25, -0.2) is 0 Å².